The standard InChI is InChI=1S/C9H6N2O2.C6H10O4.C5H8O3/c1-7-2-3-8(10-5-12)4-9(7)11-6-13;7-5(8)3-1-2-4-6(9)10;1-2-5(7)8-4-3-6/h2-4H,1H3;1-4H2,(H,7,8)(H,9,10);2,6H,1,3-4H2. The molecule has 1 aromatic rings. The lowest BCUT2D eigenvalue weighted by molar-refractivity contribution is -0.139. The summed E-state index contributed by atoms with van der Waals surface area (Å²) >= 11 is 0. The number of esters is 1. The van der Waals surface area contributed by atoms with Crippen LogP contribution in [0.5, 0.6) is 0 Å². The van der Waals surface area contributed by atoms with Crippen molar-refractivity contribution in [1.82, 2.24) is 0 Å². The number of nitrogens with zero attached hydrogens (tertiary/aromatic N) is 2. The largest absolute Gasteiger partial charge is 0.481 e. The van der Waals surface area contributed by atoms with Crippen molar-refractivity contribution >= 4 is 41.4 Å². The molecule has 1 rings (SSSR count). The maximum atomic E-state index is 10.1. The number of aliphatic hydroxyl groups is 1. The Kier molecular flexibility index (Phi) is 18.3. The highest BCUT2D eigenvalue weighted by Gasteiger charge is 1.99. The summed E-state index contributed by atoms with van der Waals surface area (Å²) in [4.78, 5) is 56.7. The van der Waals surface area contributed by atoms with Crippen molar-refractivity contribution in [1.29, 1.82) is 0 Å². The molecule has 11 nitrogen and oxygen atoms in total. The third-order valence-corrected chi connectivity index (χ3v) is 3.07. The maximum absolute atomic E-state index is 10.1. The van der Waals surface area contributed by atoms with Crippen LogP contribution in [0.4, 0.5) is 11.4 Å². The second-order valence-electron chi connectivity index (χ2n) is 5.47. The molecular weight excluding hydrogens is 412 g/mol. The van der Waals surface area contributed by atoms with Crippen LogP contribution < -0.4 is 0 Å². The number of aryl methyl sites for hydroxylation is 1. The van der Waals surface area contributed by atoms with Gasteiger partial charge in [0.2, 0.25) is 12.2 Å². The van der Waals surface area contributed by atoms with Crippen molar-refractivity contribution in [3.63, 3.8) is 0 Å². The van der Waals surface area contributed by atoms with Crippen LogP contribution >= 0.6 is 0 Å². The summed E-state index contributed by atoms with van der Waals surface area (Å²) in [6.45, 7) is 4.86. The first-order chi connectivity index (χ1) is 14.7. The normalized spacial score (nSPS) is 8.58. The van der Waals surface area contributed by atoms with E-state index in [0.29, 0.717) is 24.2 Å². The van der Waals surface area contributed by atoms with Gasteiger partial charge in [-0.1, -0.05) is 12.6 Å². The fourth-order valence-corrected chi connectivity index (χ4v) is 1.65. The molecule has 168 valence electrons. The second kappa shape index (κ2) is 19.4. The predicted octanol–water partition coefficient (Wildman–Crippen LogP) is 2.35. The zero-order valence-corrected chi connectivity index (χ0v) is 16.9. The molecule has 0 aromatic heterocycles. The van der Waals surface area contributed by atoms with Crippen LogP contribution in [0.25, 0.3) is 0 Å². The van der Waals surface area contributed by atoms with E-state index in [9.17, 15) is 24.0 Å². The van der Waals surface area contributed by atoms with Gasteiger partial charge in [0.25, 0.3) is 0 Å². The average molecular weight is 436 g/mol. The minimum atomic E-state index is -0.870. The van der Waals surface area contributed by atoms with Gasteiger partial charge >= 0.3 is 17.9 Å². The quantitative estimate of drug-likeness (QED) is 0.163. The van der Waals surface area contributed by atoms with Gasteiger partial charge in [-0.15, -0.1) is 0 Å². The van der Waals surface area contributed by atoms with Crippen LogP contribution in [-0.4, -0.2) is 58.6 Å². The Morgan fingerprint density at radius 1 is 1.06 bits per heavy atom. The van der Waals surface area contributed by atoms with E-state index in [1.54, 1.807) is 19.1 Å². The first-order valence-corrected chi connectivity index (χ1v) is 8.81. The number of unbranched alkanes of at least 4 members (excludes halogenated alkanes) is 1. The third kappa shape index (κ3) is 19.2. The number of aliphatic hydroxyl groups excluding tert-OH is 1. The molecule has 0 unspecified atom stereocenters. The average Bonchev–Trinajstić information content (AvgIpc) is 2.73. The lowest BCUT2D eigenvalue weighted by atomic mass is 10.2. The van der Waals surface area contributed by atoms with Gasteiger partial charge in [0.05, 0.1) is 18.0 Å². The fraction of sp³-hybridized carbons (Fsp3) is 0.350. The van der Waals surface area contributed by atoms with Gasteiger partial charge in [-0.3, -0.25) is 9.59 Å². The molecule has 0 saturated carbocycles. The molecule has 0 saturated heterocycles. The molecule has 0 fully saturated rings. The van der Waals surface area contributed by atoms with Crippen LogP contribution in [0.1, 0.15) is 31.2 Å². The molecule has 0 heterocycles. The number of carbonyl (C=O) groups is 3. The Bertz CT molecular complexity index is 808. The fourth-order valence-electron chi connectivity index (χ4n) is 1.65. The molecule has 0 bridgehead atoms. The summed E-state index contributed by atoms with van der Waals surface area (Å²) in [5.41, 5.74) is 1.72. The number of benzene rings is 1. The number of rotatable bonds is 10. The van der Waals surface area contributed by atoms with Crippen molar-refractivity contribution in [2.45, 2.75) is 32.6 Å². The van der Waals surface area contributed by atoms with Crippen molar-refractivity contribution in [2.75, 3.05) is 13.2 Å². The molecule has 31 heavy (non-hydrogen) atoms. The zero-order valence-electron chi connectivity index (χ0n) is 16.9. The number of carboxylic acid groups (broad SMARTS) is 2. The number of isocyanates is 2. The Morgan fingerprint density at radius 3 is 2.03 bits per heavy atom. The van der Waals surface area contributed by atoms with Gasteiger partial charge in [0.1, 0.15) is 6.61 Å². The molecular formula is C20H24N2O9. The van der Waals surface area contributed by atoms with Gasteiger partial charge in [0.15, 0.2) is 0 Å². The second-order valence-corrected chi connectivity index (χ2v) is 5.47. The smallest absolute Gasteiger partial charge is 0.330 e. The minimum absolute atomic E-state index is 0.0465. The molecule has 0 aliphatic rings. The number of ether oxygens (including phenoxy) is 1. The molecule has 1 aromatic carbocycles. The zero-order chi connectivity index (χ0) is 24.1. The van der Waals surface area contributed by atoms with Gasteiger partial charge in [0, 0.05) is 18.9 Å². The molecule has 3 N–H and O–H groups in total. The van der Waals surface area contributed by atoms with Crippen molar-refractivity contribution in [3.8, 4) is 0 Å². The van der Waals surface area contributed by atoms with Gasteiger partial charge < -0.3 is 20.1 Å². The van der Waals surface area contributed by atoms with E-state index in [2.05, 4.69) is 21.3 Å². The van der Waals surface area contributed by atoms with Crippen LogP contribution in [0.3, 0.4) is 0 Å². The highest BCUT2D eigenvalue weighted by molar-refractivity contribution is 5.81. The Hall–Kier alpha value is -3.91. The first kappa shape index (κ1) is 29.3. The molecule has 0 aliphatic heterocycles. The first-order valence-electron chi connectivity index (χ1n) is 8.81. The number of aliphatic carboxylic acids is 2. The summed E-state index contributed by atoms with van der Waals surface area (Å²) in [5.74, 6) is -2.24. The minimum Gasteiger partial charge on any atom is -0.481 e. The molecule has 0 radical (unpaired) electrons. The van der Waals surface area contributed by atoms with Crippen LogP contribution in [-0.2, 0) is 28.7 Å². The van der Waals surface area contributed by atoms with E-state index in [1.165, 1.54) is 18.2 Å². The van der Waals surface area contributed by atoms with E-state index in [-0.39, 0.29) is 26.1 Å². The lowest BCUT2D eigenvalue weighted by Crippen LogP contribution is -2.04. The van der Waals surface area contributed by atoms with E-state index in [0.717, 1.165) is 11.6 Å². The predicted molar refractivity (Wildman–Crippen MR) is 109 cm³/mol. The topological polar surface area (TPSA) is 180 Å². The van der Waals surface area contributed by atoms with E-state index >= 15 is 0 Å². The van der Waals surface area contributed by atoms with Crippen molar-refractivity contribution in [3.05, 3.63) is 36.4 Å². The van der Waals surface area contributed by atoms with E-state index in [1.807, 2.05) is 0 Å². The molecule has 11 heteroatoms. The van der Waals surface area contributed by atoms with Crippen LogP contribution in [0.2, 0.25) is 0 Å². The van der Waals surface area contributed by atoms with Crippen molar-refractivity contribution in [2.24, 2.45) is 9.98 Å². The third-order valence-electron chi connectivity index (χ3n) is 3.07. The lowest BCUT2D eigenvalue weighted by Gasteiger charge is -1.97. The molecule has 0 aliphatic carbocycles. The number of hydrogen-bond acceptors (Lipinski definition) is 9. The van der Waals surface area contributed by atoms with Gasteiger partial charge in [-0.2, -0.15) is 9.98 Å². The number of hydrogen-bond donors (Lipinski definition) is 3. The SMILES string of the molecule is C=CC(=O)OCCO.Cc1ccc(N=C=O)cc1N=C=O.O=C(O)CCCCC(=O)O. The Labute approximate surface area is 178 Å². The van der Waals surface area contributed by atoms with E-state index in [4.69, 9.17) is 15.3 Å². The Balaban J connectivity index is 0. The van der Waals surface area contributed by atoms with Gasteiger partial charge in [-0.05, 0) is 37.5 Å². The molecule has 0 spiro atoms. The Morgan fingerprint density at radius 2 is 1.61 bits per heavy atom. The van der Waals surface area contributed by atoms with Crippen LogP contribution in [0.15, 0.2) is 40.8 Å². The van der Waals surface area contributed by atoms with E-state index < -0.39 is 17.9 Å². The number of carboxylic acids is 2. The molecule has 0 amide bonds. The summed E-state index contributed by atoms with van der Waals surface area (Å²) in [7, 11) is 0. The number of aliphatic imine (C=N–C) groups is 2. The molecule has 0 atom stereocenters. The summed E-state index contributed by atoms with van der Waals surface area (Å²) < 4.78 is 4.33. The van der Waals surface area contributed by atoms with Crippen molar-refractivity contribution < 1.29 is 44.0 Å². The highest BCUT2D eigenvalue weighted by Crippen LogP contribution is 2.23. The summed E-state index contributed by atoms with van der Waals surface area (Å²) in [6, 6.07) is 4.88. The highest BCUT2D eigenvalue weighted by atomic mass is 16.5. The monoisotopic (exact) mass is 436 g/mol. The van der Waals surface area contributed by atoms with Gasteiger partial charge in [-0.25, -0.2) is 14.4 Å². The summed E-state index contributed by atoms with van der Waals surface area (Å²) in [5, 5.41) is 24.4. The maximum Gasteiger partial charge on any atom is 0.330 e. The summed E-state index contributed by atoms with van der Waals surface area (Å²) in [6.07, 6.45) is 4.91. The number of carbonyl (C=O) groups excluding carboxylic acids is 3. The van der Waals surface area contributed by atoms with Crippen LogP contribution in [0, 0.1) is 6.92 Å².